The molecule has 1 aromatic rings. The molecule has 0 aromatic heterocycles. The summed E-state index contributed by atoms with van der Waals surface area (Å²) < 4.78 is 13.4. The zero-order chi connectivity index (χ0) is 10.0. The summed E-state index contributed by atoms with van der Waals surface area (Å²) in [6, 6.07) is 1.83. The van der Waals surface area contributed by atoms with Gasteiger partial charge in [0.05, 0.1) is 12.6 Å². The van der Waals surface area contributed by atoms with Crippen molar-refractivity contribution < 1.29 is 14.6 Å². The van der Waals surface area contributed by atoms with E-state index >= 15 is 0 Å². The highest BCUT2D eigenvalue weighted by molar-refractivity contribution is 9.10. The maximum Gasteiger partial charge on any atom is 0.166 e. The highest BCUT2D eigenvalue weighted by Crippen LogP contribution is 2.29. The van der Waals surface area contributed by atoms with E-state index in [0.717, 1.165) is 6.07 Å². The van der Waals surface area contributed by atoms with E-state index in [0.29, 0.717) is 4.47 Å². The largest absolute Gasteiger partial charge is 0.505 e. The Bertz CT molecular complexity index is 319. The smallest absolute Gasteiger partial charge is 0.166 e. The second kappa shape index (κ2) is 4.04. The quantitative estimate of drug-likeness (QED) is 0.740. The number of nitrogens with two attached hydrogens (primary N) is 1. The summed E-state index contributed by atoms with van der Waals surface area (Å²) >= 11 is 3.06. The van der Waals surface area contributed by atoms with Gasteiger partial charge in [-0.2, -0.15) is 0 Å². The van der Waals surface area contributed by atoms with Crippen LogP contribution in [-0.2, 0) is 0 Å². The molecule has 3 nitrogen and oxygen atoms in total. The Labute approximate surface area is 83.1 Å². The first-order valence-corrected chi connectivity index (χ1v) is 4.40. The summed E-state index contributed by atoms with van der Waals surface area (Å²) in [5, 5.41) is 18.0. The number of rotatable bonds is 2. The number of benzene rings is 1. The predicted octanol–water partition coefficient (Wildman–Crippen LogP) is 1.29. The standard InChI is InChI=1S/C8H9BrFNO2/c9-4-1-5(7(11)3-12)8(13)6(10)2-4/h1-2,7,12-13H,3,11H2/t7-/m0/s1. The molecule has 0 spiro atoms. The van der Waals surface area contributed by atoms with E-state index in [1.165, 1.54) is 6.07 Å². The maximum absolute atomic E-state index is 12.9. The average molecular weight is 250 g/mol. The third kappa shape index (κ3) is 2.18. The first-order chi connectivity index (χ1) is 6.06. The van der Waals surface area contributed by atoms with Crippen LogP contribution in [-0.4, -0.2) is 16.8 Å². The van der Waals surface area contributed by atoms with E-state index in [9.17, 15) is 9.50 Å². The average Bonchev–Trinajstić information content (AvgIpc) is 2.10. The van der Waals surface area contributed by atoms with Gasteiger partial charge in [-0.05, 0) is 12.1 Å². The molecule has 0 radical (unpaired) electrons. The lowest BCUT2D eigenvalue weighted by Crippen LogP contribution is -2.15. The van der Waals surface area contributed by atoms with Crippen LogP contribution in [0.25, 0.3) is 0 Å². The second-order valence-corrected chi connectivity index (χ2v) is 3.53. The molecule has 0 amide bonds. The minimum atomic E-state index is -0.771. The number of halogens is 2. The van der Waals surface area contributed by atoms with Gasteiger partial charge in [0.25, 0.3) is 0 Å². The topological polar surface area (TPSA) is 66.5 Å². The molecule has 1 atom stereocenters. The number of aromatic hydroxyl groups is 1. The van der Waals surface area contributed by atoms with Gasteiger partial charge in [0.1, 0.15) is 0 Å². The fourth-order valence-corrected chi connectivity index (χ4v) is 1.41. The van der Waals surface area contributed by atoms with Crippen LogP contribution in [0.15, 0.2) is 16.6 Å². The van der Waals surface area contributed by atoms with Crippen LogP contribution in [0.2, 0.25) is 0 Å². The number of phenolic OH excluding ortho intramolecular Hbond substituents is 1. The van der Waals surface area contributed by atoms with Crippen molar-refractivity contribution in [3.63, 3.8) is 0 Å². The van der Waals surface area contributed by atoms with Gasteiger partial charge in [-0.15, -0.1) is 0 Å². The molecule has 13 heavy (non-hydrogen) atoms. The molecule has 1 aromatic carbocycles. The lowest BCUT2D eigenvalue weighted by Gasteiger charge is -2.11. The molecule has 0 fully saturated rings. The Morgan fingerprint density at radius 1 is 1.54 bits per heavy atom. The van der Waals surface area contributed by atoms with E-state index in [1.807, 2.05) is 0 Å². The van der Waals surface area contributed by atoms with Crippen molar-refractivity contribution in [3.05, 3.63) is 28.0 Å². The van der Waals surface area contributed by atoms with Crippen molar-refractivity contribution in [1.29, 1.82) is 0 Å². The van der Waals surface area contributed by atoms with E-state index in [-0.39, 0.29) is 12.2 Å². The third-order valence-electron chi connectivity index (χ3n) is 1.65. The summed E-state index contributed by atoms with van der Waals surface area (Å²) in [5.41, 5.74) is 5.62. The Morgan fingerprint density at radius 2 is 2.15 bits per heavy atom. The van der Waals surface area contributed by atoms with Crippen molar-refractivity contribution >= 4 is 15.9 Å². The summed E-state index contributed by atoms with van der Waals surface area (Å²) in [6.07, 6.45) is 0. The van der Waals surface area contributed by atoms with Crippen molar-refractivity contribution in [3.8, 4) is 5.75 Å². The molecule has 0 saturated heterocycles. The lowest BCUT2D eigenvalue weighted by molar-refractivity contribution is 0.264. The summed E-state index contributed by atoms with van der Waals surface area (Å²) in [4.78, 5) is 0. The van der Waals surface area contributed by atoms with Crippen LogP contribution in [0.4, 0.5) is 4.39 Å². The second-order valence-electron chi connectivity index (χ2n) is 2.61. The summed E-state index contributed by atoms with van der Waals surface area (Å²) in [5.74, 6) is -1.27. The van der Waals surface area contributed by atoms with Crippen LogP contribution in [0, 0.1) is 5.82 Å². The van der Waals surface area contributed by atoms with Crippen LogP contribution < -0.4 is 5.73 Å². The molecule has 0 aliphatic rings. The first kappa shape index (κ1) is 10.4. The summed E-state index contributed by atoms with van der Waals surface area (Å²) in [7, 11) is 0. The van der Waals surface area contributed by atoms with Gasteiger partial charge in [-0.25, -0.2) is 4.39 Å². The van der Waals surface area contributed by atoms with E-state index in [1.54, 1.807) is 0 Å². The third-order valence-corrected chi connectivity index (χ3v) is 2.11. The molecule has 0 saturated carbocycles. The molecule has 0 unspecified atom stereocenters. The number of phenols is 1. The molecule has 0 bridgehead atoms. The molecule has 0 aliphatic carbocycles. The molecule has 4 N–H and O–H groups in total. The van der Waals surface area contributed by atoms with Gasteiger partial charge < -0.3 is 15.9 Å². The first-order valence-electron chi connectivity index (χ1n) is 3.60. The molecular formula is C8H9BrFNO2. The van der Waals surface area contributed by atoms with Crippen molar-refractivity contribution in [2.75, 3.05) is 6.61 Å². The Morgan fingerprint density at radius 3 is 2.69 bits per heavy atom. The van der Waals surface area contributed by atoms with Crippen molar-refractivity contribution in [1.82, 2.24) is 0 Å². The zero-order valence-electron chi connectivity index (χ0n) is 6.67. The number of aliphatic hydroxyl groups is 1. The van der Waals surface area contributed by atoms with Crippen molar-refractivity contribution in [2.24, 2.45) is 5.73 Å². The van der Waals surface area contributed by atoms with Crippen LogP contribution in [0.5, 0.6) is 5.75 Å². The van der Waals surface area contributed by atoms with Gasteiger partial charge in [-0.3, -0.25) is 0 Å². The highest BCUT2D eigenvalue weighted by atomic mass is 79.9. The van der Waals surface area contributed by atoms with E-state index < -0.39 is 17.6 Å². The Hall–Kier alpha value is -0.650. The number of aliphatic hydroxyl groups excluding tert-OH is 1. The lowest BCUT2D eigenvalue weighted by atomic mass is 10.1. The van der Waals surface area contributed by atoms with Crippen LogP contribution in [0.3, 0.4) is 0 Å². The fraction of sp³-hybridized carbons (Fsp3) is 0.250. The van der Waals surface area contributed by atoms with Gasteiger partial charge in [0.2, 0.25) is 0 Å². The van der Waals surface area contributed by atoms with Crippen LogP contribution >= 0.6 is 15.9 Å². The van der Waals surface area contributed by atoms with Gasteiger partial charge in [-0.1, -0.05) is 15.9 Å². The number of hydrogen-bond donors (Lipinski definition) is 3. The van der Waals surface area contributed by atoms with E-state index in [4.69, 9.17) is 10.8 Å². The fourth-order valence-electron chi connectivity index (χ4n) is 0.967. The molecule has 5 heteroatoms. The molecule has 1 rings (SSSR count). The monoisotopic (exact) mass is 249 g/mol. The van der Waals surface area contributed by atoms with E-state index in [2.05, 4.69) is 15.9 Å². The van der Waals surface area contributed by atoms with Gasteiger partial charge in [0, 0.05) is 10.0 Å². The van der Waals surface area contributed by atoms with Gasteiger partial charge >= 0.3 is 0 Å². The minimum Gasteiger partial charge on any atom is -0.505 e. The van der Waals surface area contributed by atoms with Gasteiger partial charge in [0.15, 0.2) is 11.6 Å². The van der Waals surface area contributed by atoms with Crippen molar-refractivity contribution in [2.45, 2.75) is 6.04 Å². The molecule has 0 heterocycles. The maximum atomic E-state index is 12.9. The Kier molecular flexibility index (Phi) is 3.24. The summed E-state index contributed by atoms with van der Waals surface area (Å²) in [6.45, 7) is -0.344. The van der Waals surface area contributed by atoms with Crippen LogP contribution in [0.1, 0.15) is 11.6 Å². The zero-order valence-corrected chi connectivity index (χ0v) is 8.25. The normalized spacial score (nSPS) is 12.9. The molecule has 72 valence electrons. The highest BCUT2D eigenvalue weighted by Gasteiger charge is 2.14. The number of hydrogen-bond acceptors (Lipinski definition) is 3. The predicted molar refractivity (Wildman–Crippen MR) is 49.8 cm³/mol. The molecular weight excluding hydrogens is 241 g/mol. The SMILES string of the molecule is N[C@@H](CO)c1cc(Br)cc(F)c1O. The Balaban J connectivity index is 3.20. The minimum absolute atomic E-state index is 0.189. The molecule has 0 aliphatic heterocycles.